The topological polar surface area (TPSA) is 90.5 Å². The van der Waals surface area contributed by atoms with E-state index in [0.29, 0.717) is 16.8 Å². The molecule has 3 heterocycles. The number of hydrogen-bond donors (Lipinski definition) is 0. The van der Waals surface area contributed by atoms with Crippen LogP contribution in [0.25, 0.3) is 11.4 Å². The first-order valence-corrected chi connectivity index (χ1v) is 14.6. The number of alkyl halides is 3. The van der Waals surface area contributed by atoms with Gasteiger partial charge in [0.15, 0.2) is 5.43 Å². The Morgan fingerprint density at radius 2 is 1.78 bits per heavy atom. The number of pyridine rings is 1. The van der Waals surface area contributed by atoms with Gasteiger partial charge in [0.25, 0.3) is 0 Å². The molecule has 46 heavy (non-hydrogen) atoms. The molecule has 236 valence electrons. The molecule has 3 aromatic carbocycles. The van der Waals surface area contributed by atoms with Gasteiger partial charge in [0.05, 0.1) is 30.6 Å². The molecule has 0 atom stereocenters. The highest BCUT2D eigenvalue weighted by atomic mass is 35.5. The zero-order chi connectivity index (χ0) is 32.4. The summed E-state index contributed by atoms with van der Waals surface area (Å²) in [5.74, 6) is -0.848. The molecule has 0 unspecified atom stereocenters. The van der Waals surface area contributed by atoms with Crippen LogP contribution in [0.4, 0.5) is 22.4 Å². The SMILES string of the molecule is O=C(OCc1ccccc1)N1CCc2c(c(=O)c(-c3noc(Cc4ccc(Cl)cc4)n3)cn2Cc2ccc(C(F)(F)F)cc2F)C1. The average molecular weight is 653 g/mol. The van der Waals surface area contributed by atoms with Crippen molar-refractivity contribution in [3.63, 3.8) is 0 Å². The van der Waals surface area contributed by atoms with Gasteiger partial charge in [-0.1, -0.05) is 65.3 Å². The van der Waals surface area contributed by atoms with Gasteiger partial charge in [-0.15, -0.1) is 0 Å². The Morgan fingerprint density at radius 1 is 1.02 bits per heavy atom. The van der Waals surface area contributed by atoms with E-state index in [1.807, 2.05) is 30.3 Å². The summed E-state index contributed by atoms with van der Waals surface area (Å²) in [4.78, 5) is 32.6. The van der Waals surface area contributed by atoms with Crippen molar-refractivity contribution in [2.75, 3.05) is 6.54 Å². The van der Waals surface area contributed by atoms with Gasteiger partial charge >= 0.3 is 12.3 Å². The third kappa shape index (κ3) is 6.81. The highest BCUT2D eigenvalue weighted by molar-refractivity contribution is 6.30. The van der Waals surface area contributed by atoms with Crippen molar-refractivity contribution < 1.29 is 31.6 Å². The summed E-state index contributed by atoms with van der Waals surface area (Å²) in [6.45, 7) is -0.0593. The molecule has 0 bridgehead atoms. The minimum atomic E-state index is -4.70. The molecule has 0 N–H and O–H groups in total. The van der Waals surface area contributed by atoms with Gasteiger partial charge in [-0.2, -0.15) is 18.2 Å². The first-order chi connectivity index (χ1) is 22.0. The van der Waals surface area contributed by atoms with E-state index in [1.165, 1.54) is 11.1 Å². The van der Waals surface area contributed by atoms with Crippen LogP contribution in [0, 0.1) is 5.82 Å². The Bertz CT molecular complexity index is 1940. The van der Waals surface area contributed by atoms with Crippen LogP contribution >= 0.6 is 11.6 Å². The molecule has 0 saturated heterocycles. The molecule has 5 aromatic rings. The molecule has 8 nitrogen and oxygen atoms in total. The fourth-order valence-corrected chi connectivity index (χ4v) is 5.37. The van der Waals surface area contributed by atoms with Crippen molar-refractivity contribution in [3.8, 4) is 11.4 Å². The Labute approximate surface area is 264 Å². The number of amides is 1. The van der Waals surface area contributed by atoms with Crippen LogP contribution in [0.5, 0.6) is 0 Å². The van der Waals surface area contributed by atoms with Gasteiger partial charge in [0.2, 0.25) is 11.7 Å². The number of rotatable bonds is 7. The number of nitrogens with zero attached hydrogens (tertiary/aromatic N) is 4. The van der Waals surface area contributed by atoms with Gasteiger partial charge in [-0.05, 0) is 35.4 Å². The van der Waals surface area contributed by atoms with Gasteiger partial charge in [-0.3, -0.25) is 4.79 Å². The maximum absolute atomic E-state index is 14.9. The van der Waals surface area contributed by atoms with Crippen molar-refractivity contribution in [1.82, 2.24) is 19.6 Å². The number of carbonyl (C=O) groups is 1. The van der Waals surface area contributed by atoms with Crippen molar-refractivity contribution in [2.45, 2.75) is 38.7 Å². The lowest BCUT2D eigenvalue weighted by Gasteiger charge is -2.30. The van der Waals surface area contributed by atoms with Crippen molar-refractivity contribution in [3.05, 3.63) is 139 Å². The number of ether oxygens (including phenoxy) is 1. The van der Waals surface area contributed by atoms with Crippen molar-refractivity contribution in [1.29, 1.82) is 0 Å². The zero-order valence-electron chi connectivity index (χ0n) is 24.1. The lowest BCUT2D eigenvalue weighted by atomic mass is 10.0. The predicted octanol–water partition coefficient (Wildman–Crippen LogP) is 7.04. The smallest absolute Gasteiger partial charge is 0.416 e. The summed E-state index contributed by atoms with van der Waals surface area (Å²) in [7, 11) is 0. The molecule has 1 aliphatic rings. The minimum Gasteiger partial charge on any atom is -0.445 e. The van der Waals surface area contributed by atoms with Gasteiger partial charge < -0.3 is 18.7 Å². The standard InChI is InChI=1S/C33H25ClF4N4O4/c34-24-10-6-20(7-11-24)14-29-39-31(40-46-29)26-18-42(16-22-8-9-23(15-27(22)35)33(36,37)38)28-12-13-41(17-25(28)30(26)43)32(44)45-19-21-4-2-1-3-5-21/h1-11,15,18H,12-14,16-17,19H2. The number of carbonyl (C=O) groups excluding carboxylic acids is 1. The zero-order valence-corrected chi connectivity index (χ0v) is 24.8. The number of aromatic nitrogens is 3. The molecule has 0 fully saturated rings. The van der Waals surface area contributed by atoms with Crippen molar-refractivity contribution in [2.24, 2.45) is 0 Å². The Hall–Kier alpha value is -4.97. The largest absolute Gasteiger partial charge is 0.445 e. The third-order valence-corrected chi connectivity index (χ3v) is 7.88. The second kappa shape index (κ2) is 12.8. The lowest BCUT2D eigenvalue weighted by Crippen LogP contribution is -2.40. The van der Waals surface area contributed by atoms with E-state index in [0.717, 1.165) is 23.3 Å². The minimum absolute atomic E-state index is 0.0222. The molecule has 6 rings (SSSR count). The van der Waals surface area contributed by atoms with Crippen molar-refractivity contribution >= 4 is 17.7 Å². The molecule has 0 saturated carbocycles. The highest BCUT2D eigenvalue weighted by Crippen LogP contribution is 2.31. The molecule has 2 aromatic heterocycles. The highest BCUT2D eigenvalue weighted by Gasteiger charge is 2.32. The van der Waals surface area contributed by atoms with Crippen LogP contribution in [0.1, 0.15) is 39.4 Å². The summed E-state index contributed by atoms with van der Waals surface area (Å²) < 4.78 is 66.9. The van der Waals surface area contributed by atoms with E-state index in [2.05, 4.69) is 10.1 Å². The fraction of sp³-hybridized carbons (Fsp3) is 0.212. The second-order valence-electron chi connectivity index (χ2n) is 10.8. The van der Waals surface area contributed by atoms with Gasteiger partial charge in [-0.25, -0.2) is 9.18 Å². The number of benzene rings is 3. The number of hydrogen-bond acceptors (Lipinski definition) is 6. The van der Waals surface area contributed by atoms with Gasteiger partial charge in [0, 0.05) is 41.0 Å². The monoisotopic (exact) mass is 652 g/mol. The average Bonchev–Trinajstić information content (AvgIpc) is 3.51. The lowest BCUT2D eigenvalue weighted by molar-refractivity contribution is -0.137. The molecule has 1 aliphatic heterocycles. The first-order valence-electron chi connectivity index (χ1n) is 14.2. The van der Waals surface area contributed by atoms with Gasteiger partial charge in [0.1, 0.15) is 12.4 Å². The van der Waals surface area contributed by atoms with Crippen LogP contribution in [0.2, 0.25) is 5.02 Å². The van der Waals surface area contributed by atoms with E-state index >= 15 is 0 Å². The van der Waals surface area contributed by atoms with Crippen LogP contribution in [-0.4, -0.2) is 32.2 Å². The predicted molar refractivity (Wildman–Crippen MR) is 159 cm³/mol. The number of fused-ring (bicyclic) bond motifs is 1. The Balaban J connectivity index is 1.33. The van der Waals surface area contributed by atoms with Crippen LogP contribution in [0.15, 0.2) is 88.3 Å². The van der Waals surface area contributed by atoms with E-state index in [4.69, 9.17) is 20.9 Å². The van der Waals surface area contributed by atoms with Crippen LogP contribution in [0.3, 0.4) is 0 Å². The van der Waals surface area contributed by atoms with E-state index in [-0.39, 0.29) is 67.5 Å². The fourth-order valence-electron chi connectivity index (χ4n) is 5.24. The van der Waals surface area contributed by atoms with E-state index in [9.17, 15) is 27.2 Å². The molecular formula is C33H25ClF4N4O4. The first kappa shape index (κ1) is 31.0. The Kier molecular flexibility index (Phi) is 8.63. The molecule has 1 amide bonds. The summed E-state index contributed by atoms with van der Waals surface area (Å²) in [6, 6.07) is 18.5. The summed E-state index contributed by atoms with van der Waals surface area (Å²) >= 11 is 5.97. The van der Waals surface area contributed by atoms with E-state index in [1.54, 1.807) is 28.8 Å². The normalized spacial score (nSPS) is 13.0. The summed E-state index contributed by atoms with van der Waals surface area (Å²) in [5, 5.41) is 4.56. The van der Waals surface area contributed by atoms with E-state index < -0.39 is 29.1 Å². The second-order valence-corrected chi connectivity index (χ2v) is 11.2. The molecule has 13 heteroatoms. The van der Waals surface area contributed by atoms with Crippen LogP contribution in [-0.2, 0) is 43.5 Å². The maximum atomic E-state index is 14.9. The number of halogens is 5. The summed E-state index contributed by atoms with van der Waals surface area (Å²) in [6.07, 6.45) is -3.41. The molecule has 0 radical (unpaired) electrons. The third-order valence-electron chi connectivity index (χ3n) is 7.63. The quantitative estimate of drug-likeness (QED) is 0.175. The molecule has 0 spiro atoms. The van der Waals surface area contributed by atoms with Crippen LogP contribution < -0.4 is 5.43 Å². The maximum Gasteiger partial charge on any atom is 0.416 e. The molecular weight excluding hydrogens is 628 g/mol. The summed E-state index contributed by atoms with van der Waals surface area (Å²) in [5.41, 5.74) is 0.803. The Morgan fingerprint density at radius 3 is 2.50 bits per heavy atom. The molecule has 0 aliphatic carbocycles.